The van der Waals surface area contributed by atoms with Gasteiger partial charge in [0.2, 0.25) is 0 Å². The van der Waals surface area contributed by atoms with Crippen molar-refractivity contribution in [3.63, 3.8) is 0 Å². The molecule has 3 rings (SSSR count). The molecular weight excluding hydrogens is 290 g/mol. The van der Waals surface area contributed by atoms with Crippen molar-refractivity contribution >= 4 is 23.2 Å². The molecule has 0 spiro atoms. The molecule has 2 saturated heterocycles. The lowest BCUT2D eigenvalue weighted by atomic mass is 9.90. The molecule has 1 atom stereocenters. The van der Waals surface area contributed by atoms with Gasteiger partial charge in [-0.3, -0.25) is 4.79 Å². The van der Waals surface area contributed by atoms with E-state index in [4.69, 9.17) is 9.84 Å². The number of carboxylic acid groups (broad SMARTS) is 1. The van der Waals surface area contributed by atoms with Crippen molar-refractivity contribution in [3.8, 4) is 0 Å². The Kier molecular flexibility index (Phi) is 4.26. The number of amides is 1. The fraction of sp³-hybridized carbons (Fsp3) is 0.600. The number of carboxylic acids is 1. The van der Waals surface area contributed by atoms with Crippen LogP contribution < -0.4 is 0 Å². The van der Waals surface area contributed by atoms with Crippen molar-refractivity contribution in [1.82, 2.24) is 4.90 Å². The van der Waals surface area contributed by atoms with Gasteiger partial charge in [-0.05, 0) is 43.7 Å². The number of hydrogen-bond acceptors (Lipinski definition) is 4. The summed E-state index contributed by atoms with van der Waals surface area (Å²) in [5, 5.41) is 8.92. The predicted octanol–water partition coefficient (Wildman–Crippen LogP) is 2.48. The topological polar surface area (TPSA) is 66.8 Å². The van der Waals surface area contributed by atoms with Crippen molar-refractivity contribution in [2.75, 3.05) is 19.7 Å². The van der Waals surface area contributed by atoms with Crippen molar-refractivity contribution in [2.45, 2.75) is 31.8 Å². The summed E-state index contributed by atoms with van der Waals surface area (Å²) in [5.41, 5.74) is 0. The van der Waals surface area contributed by atoms with Gasteiger partial charge in [-0.1, -0.05) is 0 Å². The Morgan fingerprint density at radius 2 is 1.90 bits per heavy atom. The van der Waals surface area contributed by atoms with Crippen LogP contribution in [0.5, 0.6) is 0 Å². The predicted molar refractivity (Wildman–Crippen MR) is 78.9 cm³/mol. The summed E-state index contributed by atoms with van der Waals surface area (Å²) in [6.45, 7) is 2.35. The molecule has 1 N–H and O–H groups in total. The Labute approximate surface area is 127 Å². The highest BCUT2D eigenvalue weighted by Crippen LogP contribution is 2.30. The standard InChI is InChI=1S/C15H19NO4S/c17-14(12-3-4-13(21-12)15(18)19)16-7-5-10(6-8-16)11-2-1-9-20-11/h3-4,10-11H,1-2,5-9H2,(H,18,19)/t11-/m1/s1. The minimum absolute atomic E-state index is 0.0432. The van der Waals surface area contributed by atoms with Crippen LogP contribution in [0, 0.1) is 5.92 Å². The Hall–Kier alpha value is -1.40. The lowest BCUT2D eigenvalue weighted by Crippen LogP contribution is -2.40. The van der Waals surface area contributed by atoms with Crippen LogP contribution in [-0.4, -0.2) is 47.7 Å². The van der Waals surface area contributed by atoms with Gasteiger partial charge in [0.15, 0.2) is 0 Å². The number of likely N-dealkylation sites (tertiary alicyclic amines) is 1. The van der Waals surface area contributed by atoms with Gasteiger partial charge < -0.3 is 14.7 Å². The molecule has 2 aliphatic rings. The zero-order chi connectivity index (χ0) is 14.8. The summed E-state index contributed by atoms with van der Waals surface area (Å²) in [7, 11) is 0. The fourth-order valence-electron chi connectivity index (χ4n) is 3.17. The number of thiophene rings is 1. The molecule has 5 nitrogen and oxygen atoms in total. The number of hydrogen-bond donors (Lipinski definition) is 1. The maximum Gasteiger partial charge on any atom is 0.345 e. The monoisotopic (exact) mass is 309 g/mol. The number of carbonyl (C=O) groups is 2. The van der Waals surface area contributed by atoms with Crippen LogP contribution in [0.3, 0.4) is 0 Å². The summed E-state index contributed by atoms with van der Waals surface area (Å²) in [5.74, 6) is -0.455. The lowest BCUT2D eigenvalue weighted by Gasteiger charge is -2.34. The Morgan fingerprint density at radius 1 is 1.19 bits per heavy atom. The first-order valence-electron chi connectivity index (χ1n) is 7.39. The van der Waals surface area contributed by atoms with Crippen LogP contribution in [0.1, 0.15) is 45.0 Å². The van der Waals surface area contributed by atoms with Crippen molar-refractivity contribution in [1.29, 1.82) is 0 Å². The molecule has 0 aromatic carbocycles. The van der Waals surface area contributed by atoms with Crippen molar-refractivity contribution in [3.05, 3.63) is 21.9 Å². The number of rotatable bonds is 3. The summed E-state index contributed by atoms with van der Waals surface area (Å²) in [6, 6.07) is 3.11. The van der Waals surface area contributed by atoms with Gasteiger partial charge >= 0.3 is 5.97 Å². The van der Waals surface area contributed by atoms with Gasteiger partial charge in [-0.2, -0.15) is 0 Å². The van der Waals surface area contributed by atoms with Crippen molar-refractivity contribution < 1.29 is 19.4 Å². The highest BCUT2D eigenvalue weighted by atomic mass is 32.1. The van der Waals surface area contributed by atoms with Crippen LogP contribution in [-0.2, 0) is 4.74 Å². The van der Waals surface area contributed by atoms with E-state index < -0.39 is 5.97 Å². The van der Waals surface area contributed by atoms with Gasteiger partial charge in [0, 0.05) is 19.7 Å². The molecule has 114 valence electrons. The minimum Gasteiger partial charge on any atom is -0.477 e. The first kappa shape index (κ1) is 14.5. The number of aromatic carboxylic acids is 1. The van der Waals surface area contributed by atoms with E-state index in [0.29, 0.717) is 16.9 Å². The second-order valence-corrected chi connectivity index (χ2v) is 6.73. The average Bonchev–Trinajstić information content (AvgIpc) is 3.18. The second kappa shape index (κ2) is 6.15. The molecule has 0 bridgehead atoms. The third kappa shape index (κ3) is 3.11. The Morgan fingerprint density at radius 3 is 2.48 bits per heavy atom. The van der Waals surface area contributed by atoms with Gasteiger partial charge in [0.1, 0.15) is 4.88 Å². The molecule has 0 saturated carbocycles. The zero-order valence-electron chi connectivity index (χ0n) is 11.8. The minimum atomic E-state index is -0.976. The third-order valence-corrected chi connectivity index (χ3v) is 5.41. The van der Waals surface area contributed by atoms with Gasteiger partial charge in [-0.15, -0.1) is 11.3 Å². The van der Waals surface area contributed by atoms with Crippen LogP contribution in [0.15, 0.2) is 12.1 Å². The van der Waals surface area contributed by atoms with E-state index in [1.165, 1.54) is 6.07 Å². The van der Waals surface area contributed by atoms with Gasteiger partial charge in [0.05, 0.1) is 11.0 Å². The number of piperidine rings is 1. The van der Waals surface area contributed by atoms with Crippen LogP contribution in [0.25, 0.3) is 0 Å². The van der Waals surface area contributed by atoms with E-state index >= 15 is 0 Å². The van der Waals surface area contributed by atoms with Crippen molar-refractivity contribution in [2.24, 2.45) is 5.92 Å². The number of nitrogens with zero attached hydrogens (tertiary/aromatic N) is 1. The number of carbonyl (C=O) groups excluding carboxylic acids is 1. The molecule has 2 aliphatic heterocycles. The van der Waals surface area contributed by atoms with Crippen LogP contribution in [0.4, 0.5) is 0 Å². The molecule has 6 heteroatoms. The summed E-state index contributed by atoms with van der Waals surface area (Å²) in [6.07, 6.45) is 4.63. The Bertz CT molecular complexity index is 528. The summed E-state index contributed by atoms with van der Waals surface area (Å²) in [4.78, 5) is 25.8. The zero-order valence-corrected chi connectivity index (χ0v) is 12.6. The smallest absolute Gasteiger partial charge is 0.345 e. The van der Waals surface area contributed by atoms with E-state index in [9.17, 15) is 9.59 Å². The molecule has 0 radical (unpaired) electrons. The molecule has 3 heterocycles. The molecule has 0 unspecified atom stereocenters. The van der Waals surface area contributed by atoms with E-state index in [1.54, 1.807) is 6.07 Å². The first-order valence-corrected chi connectivity index (χ1v) is 8.21. The maximum atomic E-state index is 12.4. The summed E-state index contributed by atoms with van der Waals surface area (Å²) >= 11 is 1.05. The largest absolute Gasteiger partial charge is 0.477 e. The van der Waals surface area contributed by atoms with Gasteiger partial charge in [-0.25, -0.2) is 4.79 Å². The van der Waals surface area contributed by atoms with E-state index in [0.717, 1.165) is 56.7 Å². The third-order valence-electron chi connectivity index (χ3n) is 4.35. The lowest BCUT2D eigenvalue weighted by molar-refractivity contribution is 0.0293. The van der Waals surface area contributed by atoms with Crippen LogP contribution >= 0.6 is 11.3 Å². The van der Waals surface area contributed by atoms with E-state index in [2.05, 4.69) is 0 Å². The normalized spacial score (nSPS) is 23.4. The molecular formula is C15H19NO4S. The van der Waals surface area contributed by atoms with Crippen LogP contribution in [0.2, 0.25) is 0 Å². The SMILES string of the molecule is O=C(O)c1ccc(C(=O)N2CCC([C@H]3CCCO3)CC2)s1. The highest BCUT2D eigenvalue weighted by Gasteiger charge is 2.31. The van der Waals surface area contributed by atoms with E-state index in [-0.39, 0.29) is 10.8 Å². The quantitative estimate of drug-likeness (QED) is 0.931. The summed E-state index contributed by atoms with van der Waals surface area (Å²) < 4.78 is 5.74. The molecule has 21 heavy (non-hydrogen) atoms. The van der Waals surface area contributed by atoms with Gasteiger partial charge in [0.25, 0.3) is 5.91 Å². The molecule has 1 aromatic rings. The molecule has 2 fully saturated rings. The maximum absolute atomic E-state index is 12.4. The highest BCUT2D eigenvalue weighted by molar-refractivity contribution is 7.15. The second-order valence-electron chi connectivity index (χ2n) is 5.65. The molecule has 1 aromatic heterocycles. The van der Waals surface area contributed by atoms with E-state index in [1.807, 2.05) is 4.90 Å². The Balaban J connectivity index is 1.58. The molecule has 0 aliphatic carbocycles. The molecule has 1 amide bonds. The average molecular weight is 309 g/mol. The fourth-order valence-corrected chi connectivity index (χ4v) is 3.99. The first-order chi connectivity index (χ1) is 10.1. The number of ether oxygens (including phenoxy) is 1.